The second kappa shape index (κ2) is 3.23. The number of hydrogen-bond acceptors (Lipinski definition) is 2. The lowest BCUT2D eigenvalue weighted by molar-refractivity contribution is 0.344. The summed E-state index contributed by atoms with van der Waals surface area (Å²) in [5.74, 6) is 0.521. The van der Waals surface area contributed by atoms with Gasteiger partial charge < -0.3 is 0 Å². The van der Waals surface area contributed by atoms with Crippen LogP contribution in [-0.4, -0.2) is 12.1 Å². The van der Waals surface area contributed by atoms with Gasteiger partial charge in [-0.25, -0.2) is 0 Å². The molecule has 2 unspecified atom stereocenters. The molecule has 0 radical (unpaired) electrons. The van der Waals surface area contributed by atoms with Crippen molar-refractivity contribution in [2.45, 2.75) is 38.6 Å². The van der Waals surface area contributed by atoms with Crippen molar-refractivity contribution in [3.63, 3.8) is 0 Å². The first-order valence-electron chi connectivity index (χ1n) is 4.41. The van der Waals surface area contributed by atoms with E-state index in [4.69, 9.17) is 5.26 Å². The van der Waals surface area contributed by atoms with Gasteiger partial charge in [-0.15, -0.1) is 0 Å². The van der Waals surface area contributed by atoms with Crippen molar-refractivity contribution in [1.29, 1.82) is 5.26 Å². The highest BCUT2D eigenvalue weighted by molar-refractivity contribution is 5.12. The molecule has 1 aliphatic carbocycles. The standard InChI is InChI=1S/C9H16N2/c1-3-11-9(7-10)6-4-5-8(9)2/h8,11H,3-6H2,1-2H3. The molecule has 0 aromatic rings. The number of nitrogens with zero attached hydrogens (tertiary/aromatic N) is 1. The van der Waals surface area contributed by atoms with E-state index < -0.39 is 0 Å². The third-order valence-electron chi connectivity index (χ3n) is 2.74. The molecule has 1 saturated carbocycles. The summed E-state index contributed by atoms with van der Waals surface area (Å²) < 4.78 is 0. The molecule has 0 amide bonds. The molecule has 0 saturated heterocycles. The van der Waals surface area contributed by atoms with E-state index in [1.165, 1.54) is 12.8 Å². The highest BCUT2D eigenvalue weighted by Gasteiger charge is 2.39. The molecule has 0 bridgehead atoms. The Hall–Kier alpha value is -0.550. The molecule has 2 nitrogen and oxygen atoms in total. The largest absolute Gasteiger partial charge is 0.299 e. The van der Waals surface area contributed by atoms with Crippen molar-refractivity contribution < 1.29 is 0 Å². The molecule has 0 spiro atoms. The van der Waals surface area contributed by atoms with Crippen LogP contribution in [0.3, 0.4) is 0 Å². The van der Waals surface area contributed by atoms with E-state index >= 15 is 0 Å². The smallest absolute Gasteiger partial charge is 0.109 e. The van der Waals surface area contributed by atoms with Crippen LogP contribution in [-0.2, 0) is 0 Å². The quantitative estimate of drug-likeness (QED) is 0.653. The van der Waals surface area contributed by atoms with Crippen LogP contribution in [0.15, 0.2) is 0 Å². The van der Waals surface area contributed by atoms with Gasteiger partial charge in [0.05, 0.1) is 6.07 Å². The summed E-state index contributed by atoms with van der Waals surface area (Å²) in [4.78, 5) is 0. The molecular formula is C9H16N2. The normalized spacial score (nSPS) is 37.0. The Kier molecular flexibility index (Phi) is 2.51. The number of rotatable bonds is 2. The number of nitriles is 1. The lowest BCUT2D eigenvalue weighted by Gasteiger charge is -2.26. The maximum atomic E-state index is 9.01. The monoisotopic (exact) mass is 152 g/mol. The van der Waals surface area contributed by atoms with Crippen LogP contribution in [0.5, 0.6) is 0 Å². The predicted octanol–water partition coefficient (Wildman–Crippen LogP) is 1.68. The molecule has 2 heteroatoms. The maximum Gasteiger partial charge on any atom is 0.109 e. The van der Waals surface area contributed by atoms with Gasteiger partial charge in [0.25, 0.3) is 0 Å². The molecule has 0 aliphatic heterocycles. The van der Waals surface area contributed by atoms with Gasteiger partial charge in [0.1, 0.15) is 5.54 Å². The summed E-state index contributed by atoms with van der Waals surface area (Å²) in [5, 5.41) is 12.3. The SMILES string of the molecule is CCNC1(C#N)CCCC1C. The molecule has 1 fully saturated rings. The van der Waals surface area contributed by atoms with Crippen molar-refractivity contribution in [3.05, 3.63) is 0 Å². The van der Waals surface area contributed by atoms with E-state index in [-0.39, 0.29) is 5.54 Å². The average molecular weight is 152 g/mol. The Bertz CT molecular complexity index is 171. The molecule has 62 valence electrons. The van der Waals surface area contributed by atoms with Crippen molar-refractivity contribution in [2.24, 2.45) is 5.92 Å². The Balaban J connectivity index is 2.67. The fourth-order valence-electron chi connectivity index (χ4n) is 1.96. The van der Waals surface area contributed by atoms with Gasteiger partial charge in [-0.2, -0.15) is 5.26 Å². The van der Waals surface area contributed by atoms with Crippen molar-refractivity contribution in [3.8, 4) is 6.07 Å². The van der Waals surface area contributed by atoms with E-state index in [0.717, 1.165) is 13.0 Å². The molecule has 2 atom stereocenters. The van der Waals surface area contributed by atoms with Crippen LogP contribution < -0.4 is 5.32 Å². The Morgan fingerprint density at radius 2 is 2.45 bits per heavy atom. The molecular weight excluding hydrogens is 136 g/mol. The van der Waals surface area contributed by atoms with Gasteiger partial charge in [-0.3, -0.25) is 5.32 Å². The summed E-state index contributed by atoms with van der Waals surface area (Å²) in [5.41, 5.74) is -0.200. The van der Waals surface area contributed by atoms with Gasteiger partial charge in [0.2, 0.25) is 0 Å². The first-order chi connectivity index (χ1) is 5.25. The van der Waals surface area contributed by atoms with Gasteiger partial charge in [0, 0.05) is 0 Å². The van der Waals surface area contributed by atoms with Crippen LogP contribution in [0.1, 0.15) is 33.1 Å². The fraction of sp³-hybridized carbons (Fsp3) is 0.889. The summed E-state index contributed by atoms with van der Waals surface area (Å²) >= 11 is 0. The highest BCUT2D eigenvalue weighted by atomic mass is 15.0. The molecule has 1 N–H and O–H groups in total. The minimum Gasteiger partial charge on any atom is -0.299 e. The summed E-state index contributed by atoms with van der Waals surface area (Å²) in [7, 11) is 0. The number of nitrogens with one attached hydrogen (secondary N) is 1. The van der Waals surface area contributed by atoms with E-state index in [9.17, 15) is 0 Å². The van der Waals surface area contributed by atoms with E-state index in [0.29, 0.717) is 5.92 Å². The van der Waals surface area contributed by atoms with E-state index in [2.05, 4.69) is 25.2 Å². The van der Waals surface area contributed by atoms with Crippen molar-refractivity contribution >= 4 is 0 Å². The van der Waals surface area contributed by atoms with Gasteiger partial charge in [-0.1, -0.05) is 20.3 Å². The molecule has 0 heterocycles. The van der Waals surface area contributed by atoms with Gasteiger partial charge >= 0.3 is 0 Å². The first-order valence-corrected chi connectivity index (χ1v) is 4.41. The minimum absolute atomic E-state index is 0.200. The van der Waals surface area contributed by atoms with E-state index in [1.807, 2.05) is 0 Å². The van der Waals surface area contributed by atoms with Gasteiger partial charge in [0.15, 0.2) is 0 Å². The van der Waals surface area contributed by atoms with Crippen molar-refractivity contribution in [2.75, 3.05) is 6.54 Å². The second-order valence-corrected chi connectivity index (χ2v) is 3.41. The molecule has 0 aromatic carbocycles. The second-order valence-electron chi connectivity index (χ2n) is 3.41. The third kappa shape index (κ3) is 1.39. The Morgan fingerprint density at radius 3 is 2.82 bits per heavy atom. The molecule has 1 aliphatic rings. The Labute approximate surface area is 68.6 Å². The summed E-state index contributed by atoms with van der Waals surface area (Å²) in [6.07, 6.45) is 3.42. The lowest BCUT2D eigenvalue weighted by Crippen LogP contribution is -2.45. The molecule has 1 rings (SSSR count). The zero-order valence-electron chi connectivity index (χ0n) is 7.35. The topological polar surface area (TPSA) is 35.8 Å². The third-order valence-corrected chi connectivity index (χ3v) is 2.74. The minimum atomic E-state index is -0.200. The summed E-state index contributed by atoms with van der Waals surface area (Å²) in [6.45, 7) is 5.13. The highest BCUT2D eigenvalue weighted by Crippen LogP contribution is 2.34. The van der Waals surface area contributed by atoms with Crippen molar-refractivity contribution in [1.82, 2.24) is 5.32 Å². The summed E-state index contributed by atoms with van der Waals surface area (Å²) in [6, 6.07) is 2.42. The van der Waals surface area contributed by atoms with E-state index in [1.54, 1.807) is 0 Å². The first kappa shape index (κ1) is 8.55. The maximum absolute atomic E-state index is 9.01. The van der Waals surface area contributed by atoms with Crippen LogP contribution in [0.25, 0.3) is 0 Å². The Morgan fingerprint density at radius 1 is 1.73 bits per heavy atom. The van der Waals surface area contributed by atoms with Crippen LogP contribution in [0.4, 0.5) is 0 Å². The molecule has 0 aromatic heterocycles. The average Bonchev–Trinajstić information content (AvgIpc) is 2.35. The fourth-order valence-corrected chi connectivity index (χ4v) is 1.96. The lowest BCUT2D eigenvalue weighted by atomic mass is 9.90. The molecule has 11 heavy (non-hydrogen) atoms. The van der Waals surface area contributed by atoms with Crippen LogP contribution in [0.2, 0.25) is 0 Å². The zero-order chi connectivity index (χ0) is 8.32. The number of hydrogen-bond donors (Lipinski definition) is 1. The van der Waals surface area contributed by atoms with Crippen LogP contribution in [0, 0.1) is 17.2 Å². The predicted molar refractivity (Wildman–Crippen MR) is 45.0 cm³/mol. The van der Waals surface area contributed by atoms with Gasteiger partial charge in [-0.05, 0) is 25.3 Å². The van der Waals surface area contributed by atoms with Crippen LogP contribution >= 0.6 is 0 Å². The zero-order valence-corrected chi connectivity index (χ0v) is 7.35.